The molecule has 0 unspecified atom stereocenters. The van der Waals surface area contributed by atoms with Crippen molar-refractivity contribution in [1.82, 2.24) is 14.7 Å². The van der Waals surface area contributed by atoms with Gasteiger partial charge in [-0.3, -0.25) is 9.69 Å². The van der Waals surface area contributed by atoms with E-state index >= 15 is 0 Å². The van der Waals surface area contributed by atoms with Crippen molar-refractivity contribution in [2.24, 2.45) is 0 Å². The lowest BCUT2D eigenvalue weighted by Crippen LogP contribution is -2.27. The van der Waals surface area contributed by atoms with Crippen LogP contribution in [0.15, 0.2) is 96.0 Å². The molecule has 0 bridgehead atoms. The molecule has 1 aliphatic heterocycles. The summed E-state index contributed by atoms with van der Waals surface area (Å²) in [7, 11) is 0. The van der Waals surface area contributed by atoms with E-state index in [1.807, 2.05) is 72.9 Å². The van der Waals surface area contributed by atoms with Gasteiger partial charge in [0.05, 0.1) is 22.8 Å². The van der Waals surface area contributed by atoms with Gasteiger partial charge in [-0.25, -0.2) is 9.07 Å². The maximum absolute atomic E-state index is 13.5. The van der Waals surface area contributed by atoms with Gasteiger partial charge in [0.15, 0.2) is 0 Å². The molecule has 0 N–H and O–H groups in total. The molecule has 0 atom stereocenters. The number of nitrogens with zero attached hydrogens (tertiary/aromatic N) is 3. The monoisotopic (exact) mass is 471 g/mol. The van der Waals surface area contributed by atoms with Crippen LogP contribution in [0.3, 0.4) is 0 Å². The van der Waals surface area contributed by atoms with Crippen molar-refractivity contribution in [2.45, 2.75) is 6.54 Å². The summed E-state index contributed by atoms with van der Waals surface area (Å²) in [6.45, 7) is 0.428. The molecule has 1 saturated heterocycles. The lowest BCUT2D eigenvalue weighted by atomic mass is 10.1. The highest BCUT2D eigenvalue weighted by Crippen LogP contribution is 2.35. The van der Waals surface area contributed by atoms with Crippen LogP contribution in [0.1, 0.15) is 11.1 Å². The molecular formula is C26H18FN3OS2. The van der Waals surface area contributed by atoms with Gasteiger partial charge in [-0.2, -0.15) is 5.10 Å². The third-order valence-electron chi connectivity index (χ3n) is 5.22. The Bertz CT molecular complexity index is 1350. The second-order valence-corrected chi connectivity index (χ2v) is 9.15. The van der Waals surface area contributed by atoms with Crippen LogP contribution < -0.4 is 0 Å². The number of amides is 1. The highest BCUT2D eigenvalue weighted by molar-refractivity contribution is 8.26. The van der Waals surface area contributed by atoms with E-state index < -0.39 is 0 Å². The van der Waals surface area contributed by atoms with Crippen molar-refractivity contribution in [3.05, 3.63) is 113 Å². The van der Waals surface area contributed by atoms with Crippen LogP contribution >= 0.6 is 24.0 Å². The first-order valence-electron chi connectivity index (χ1n) is 10.3. The van der Waals surface area contributed by atoms with Crippen LogP contribution in [-0.4, -0.2) is 24.9 Å². The minimum atomic E-state index is -0.315. The smallest absolute Gasteiger partial charge is 0.266 e. The number of thioether (sulfide) groups is 1. The topological polar surface area (TPSA) is 38.1 Å². The van der Waals surface area contributed by atoms with Gasteiger partial charge < -0.3 is 0 Å². The lowest BCUT2D eigenvalue weighted by Gasteiger charge is -2.14. The minimum absolute atomic E-state index is 0.133. The predicted molar refractivity (Wildman–Crippen MR) is 134 cm³/mol. The quantitative estimate of drug-likeness (QED) is 0.261. The molecule has 4 nitrogen and oxygen atoms in total. The standard InChI is InChI=1S/C26H18FN3OS2/c27-21-13-11-19(12-14-21)24-20(17-30(28-24)22-9-5-2-6-10-22)15-23-25(31)29(26(32)33-23)16-18-7-3-1-4-8-18/h1-15,17H,16H2/b23-15+. The lowest BCUT2D eigenvalue weighted by molar-refractivity contribution is -0.122. The average molecular weight is 472 g/mol. The number of hydrogen-bond donors (Lipinski definition) is 0. The third-order valence-corrected chi connectivity index (χ3v) is 6.60. The molecular weight excluding hydrogens is 453 g/mol. The summed E-state index contributed by atoms with van der Waals surface area (Å²) >= 11 is 6.78. The van der Waals surface area contributed by atoms with Crippen LogP contribution in [-0.2, 0) is 11.3 Å². The number of thiocarbonyl (C=S) groups is 1. The molecule has 1 amide bonds. The van der Waals surface area contributed by atoms with Gasteiger partial charge in [0.2, 0.25) is 0 Å². The normalized spacial score (nSPS) is 14.9. The number of benzene rings is 3. The number of rotatable bonds is 5. The first kappa shape index (κ1) is 21.3. The number of hydrogen-bond acceptors (Lipinski definition) is 4. The molecule has 1 aliphatic rings. The molecule has 33 heavy (non-hydrogen) atoms. The Kier molecular flexibility index (Phi) is 5.90. The highest BCUT2D eigenvalue weighted by atomic mass is 32.2. The summed E-state index contributed by atoms with van der Waals surface area (Å²) in [5, 5.41) is 4.74. The average Bonchev–Trinajstić information content (AvgIpc) is 3.37. The molecule has 4 aromatic rings. The zero-order valence-corrected chi connectivity index (χ0v) is 19.0. The van der Waals surface area contributed by atoms with Gasteiger partial charge in [-0.15, -0.1) is 0 Å². The Morgan fingerprint density at radius 1 is 0.939 bits per heavy atom. The first-order chi connectivity index (χ1) is 16.1. The molecule has 3 aromatic carbocycles. The Balaban J connectivity index is 1.53. The van der Waals surface area contributed by atoms with Gasteiger partial charge in [-0.1, -0.05) is 72.5 Å². The summed E-state index contributed by atoms with van der Waals surface area (Å²) in [5.74, 6) is -0.448. The molecule has 1 aromatic heterocycles. The minimum Gasteiger partial charge on any atom is -0.288 e. The van der Waals surface area contributed by atoms with Crippen molar-refractivity contribution >= 4 is 40.3 Å². The van der Waals surface area contributed by atoms with Crippen molar-refractivity contribution in [3.63, 3.8) is 0 Å². The Hall–Kier alpha value is -3.55. The largest absolute Gasteiger partial charge is 0.288 e. The van der Waals surface area contributed by atoms with Gasteiger partial charge in [-0.05, 0) is 48.0 Å². The summed E-state index contributed by atoms with van der Waals surface area (Å²) in [5.41, 5.74) is 4.08. The fourth-order valence-corrected chi connectivity index (χ4v) is 4.83. The van der Waals surface area contributed by atoms with Gasteiger partial charge in [0.1, 0.15) is 10.1 Å². The van der Waals surface area contributed by atoms with Gasteiger partial charge in [0, 0.05) is 17.3 Å². The Morgan fingerprint density at radius 3 is 2.30 bits per heavy atom. The second kappa shape index (κ2) is 9.13. The molecule has 0 aliphatic carbocycles. The molecule has 162 valence electrons. The number of carbonyl (C=O) groups is 1. The second-order valence-electron chi connectivity index (χ2n) is 7.47. The molecule has 0 radical (unpaired) electrons. The zero-order chi connectivity index (χ0) is 22.8. The number of halogens is 1. The third kappa shape index (κ3) is 4.51. The molecule has 7 heteroatoms. The zero-order valence-electron chi connectivity index (χ0n) is 17.4. The molecule has 1 fully saturated rings. The maximum atomic E-state index is 13.5. The molecule has 5 rings (SSSR count). The van der Waals surface area contributed by atoms with E-state index in [1.54, 1.807) is 21.7 Å². The summed E-state index contributed by atoms with van der Waals surface area (Å²) < 4.78 is 15.8. The highest BCUT2D eigenvalue weighted by Gasteiger charge is 2.32. The van der Waals surface area contributed by atoms with E-state index in [-0.39, 0.29) is 11.7 Å². The number of para-hydroxylation sites is 1. The summed E-state index contributed by atoms with van der Waals surface area (Å²) in [6, 6.07) is 25.6. The van der Waals surface area contributed by atoms with Crippen molar-refractivity contribution in [1.29, 1.82) is 0 Å². The summed E-state index contributed by atoms with van der Waals surface area (Å²) in [4.78, 5) is 15.3. The van der Waals surface area contributed by atoms with Crippen molar-refractivity contribution in [2.75, 3.05) is 0 Å². The summed E-state index contributed by atoms with van der Waals surface area (Å²) in [6.07, 6.45) is 3.69. The fourth-order valence-electron chi connectivity index (χ4n) is 3.58. The van der Waals surface area contributed by atoms with Crippen LogP contribution in [0, 0.1) is 5.82 Å². The SMILES string of the molecule is O=C1/C(=C\c2cn(-c3ccccc3)nc2-c2ccc(F)cc2)SC(=S)N1Cc1ccccc1. The van der Waals surface area contributed by atoms with Crippen LogP contribution in [0.5, 0.6) is 0 Å². The van der Waals surface area contributed by atoms with Gasteiger partial charge in [0.25, 0.3) is 5.91 Å². The van der Waals surface area contributed by atoms with Crippen molar-refractivity contribution in [3.8, 4) is 16.9 Å². The fraction of sp³-hybridized carbons (Fsp3) is 0.0385. The Morgan fingerprint density at radius 2 is 1.61 bits per heavy atom. The Labute approximate surface area is 200 Å². The van der Waals surface area contributed by atoms with Crippen LogP contribution in [0.25, 0.3) is 23.0 Å². The van der Waals surface area contributed by atoms with E-state index in [2.05, 4.69) is 0 Å². The molecule has 0 saturated carbocycles. The predicted octanol–water partition coefficient (Wildman–Crippen LogP) is 6.08. The van der Waals surface area contributed by atoms with E-state index in [9.17, 15) is 9.18 Å². The van der Waals surface area contributed by atoms with Gasteiger partial charge >= 0.3 is 0 Å². The maximum Gasteiger partial charge on any atom is 0.266 e. The van der Waals surface area contributed by atoms with Crippen LogP contribution in [0.2, 0.25) is 0 Å². The number of aromatic nitrogens is 2. The van der Waals surface area contributed by atoms with E-state index in [4.69, 9.17) is 17.3 Å². The van der Waals surface area contributed by atoms with E-state index in [0.717, 1.165) is 22.4 Å². The number of carbonyl (C=O) groups excluding carboxylic acids is 1. The van der Waals surface area contributed by atoms with E-state index in [1.165, 1.54) is 23.9 Å². The first-order valence-corrected chi connectivity index (χ1v) is 11.5. The van der Waals surface area contributed by atoms with Crippen molar-refractivity contribution < 1.29 is 9.18 Å². The molecule has 2 heterocycles. The van der Waals surface area contributed by atoms with E-state index in [0.29, 0.717) is 21.5 Å². The van der Waals surface area contributed by atoms with Crippen LogP contribution in [0.4, 0.5) is 4.39 Å². The molecule has 0 spiro atoms.